The lowest BCUT2D eigenvalue weighted by molar-refractivity contribution is 0.0304. The molecule has 0 bridgehead atoms. The van der Waals surface area contributed by atoms with Gasteiger partial charge in [0.2, 0.25) is 8.60 Å². The van der Waals surface area contributed by atoms with Gasteiger partial charge < -0.3 is 14.7 Å². The summed E-state index contributed by atoms with van der Waals surface area (Å²) >= 11 is 0. The van der Waals surface area contributed by atoms with Gasteiger partial charge in [0, 0.05) is 38.3 Å². The molecule has 2 aliphatic rings. The Hall–Kier alpha value is -0.280. The zero-order valence-electron chi connectivity index (χ0n) is 15.4. The van der Waals surface area contributed by atoms with E-state index in [4.69, 9.17) is 4.52 Å². The van der Waals surface area contributed by atoms with Gasteiger partial charge in [-0.3, -0.25) is 4.90 Å². The molecule has 0 spiro atoms. The first-order chi connectivity index (χ1) is 11.3. The van der Waals surface area contributed by atoms with Gasteiger partial charge in [0.15, 0.2) is 0 Å². The van der Waals surface area contributed by atoms with Gasteiger partial charge in [-0.25, -0.2) is 9.31 Å². The average molecular weight is 374 g/mol. The summed E-state index contributed by atoms with van der Waals surface area (Å²) < 4.78 is 8.81. The number of rotatable bonds is 5. The lowest BCUT2D eigenvalue weighted by Gasteiger charge is -2.49. The van der Waals surface area contributed by atoms with Crippen molar-refractivity contribution in [2.45, 2.75) is 57.5 Å². The summed E-state index contributed by atoms with van der Waals surface area (Å²) in [6.07, 6.45) is 5.71. The number of nitrogens with one attached hydrogen (secondary N) is 1. The molecule has 0 aromatic heterocycles. The SMILES string of the molecule is CNCC1(N2CC[C@@H](N(C)C(=O)OP=NP)C2)CCC(C)(C)CC1. The first-order valence-electron chi connectivity index (χ1n) is 8.77. The third-order valence-corrected chi connectivity index (χ3v) is 6.49. The highest BCUT2D eigenvalue weighted by Crippen LogP contribution is 2.44. The fourth-order valence-electron chi connectivity index (χ4n) is 4.09. The number of amides is 1. The maximum Gasteiger partial charge on any atom is 0.419 e. The molecule has 0 aromatic rings. The number of likely N-dealkylation sites (tertiary alicyclic amines) is 1. The van der Waals surface area contributed by atoms with Crippen LogP contribution >= 0.6 is 18.0 Å². The van der Waals surface area contributed by atoms with E-state index in [1.807, 2.05) is 14.1 Å². The van der Waals surface area contributed by atoms with Crippen LogP contribution in [-0.4, -0.2) is 61.2 Å². The van der Waals surface area contributed by atoms with E-state index >= 15 is 0 Å². The van der Waals surface area contributed by atoms with Crippen molar-refractivity contribution in [1.82, 2.24) is 15.1 Å². The summed E-state index contributed by atoms with van der Waals surface area (Å²) in [6.45, 7) is 7.76. The minimum atomic E-state index is -0.290. The number of hydrogen-bond acceptors (Lipinski definition) is 5. The molecule has 8 heteroatoms. The average Bonchev–Trinajstić information content (AvgIpc) is 3.05. The quantitative estimate of drug-likeness (QED) is 0.748. The van der Waals surface area contributed by atoms with Crippen molar-refractivity contribution in [1.29, 1.82) is 0 Å². The van der Waals surface area contributed by atoms with Crippen molar-refractivity contribution in [2.24, 2.45) is 9.93 Å². The van der Waals surface area contributed by atoms with Crippen LogP contribution in [0.1, 0.15) is 46.0 Å². The largest absolute Gasteiger partial charge is 0.419 e. The fraction of sp³-hybridized carbons (Fsp3) is 0.938. The predicted octanol–water partition coefficient (Wildman–Crippen LogP) is 3.52. The molecular formula is C16H32N4O2P2. The lowest BCUT2D eigenvalue weighted by Crippen LogP contribution is -2.57. The Labute approximate surface area is 150 Å². The van der Waals surface area contributed by atoms with E-state index in [0.29, 0.717) is 14.0 Å². The summed E-state index contributed by atoms with van der Waals surface area (Å²) in [6, 6.07) is 0.223. The number of nitrogens with zero attached hydrogens (tertiary/aromatic N) is 3. The molecule has 6 nitrogen and oxygen atoms in total. The molecule has 2 fully saturated rings. The van der Waals surface area contributed by atoms with E-state index in [0.717, 1.165) is 26.1 Å². The second kappa shape index (κ2) is 8.40. The number of likely N-dealkylation sites (N-methyl/N-ethyl adjacent to an activating group) is 2. The topological polar surface area (TPSA) is 57.2 Å². The first-order valence-corrected chi connectivity index (χ1v) is 10.1. The Morgan fingerprint density at radius 2 is 2.08 bits per heavy atom. The van der Waals surface area contributed by atoms with Crippen molar-refractivity contribution >= 4 is 24.1 Å². The Balaban J connectivity index is 2.00. The van der Waals surface area contributed by atoms with Gasteiger partial charge in [0.25, 0.3) is 0 Å². The van der Waals surface area contributed by atoms with Crippen molar-refractivity contribution in [3.05, 3.63) is 0 Å². The molecule has 1 heterocycles. The van der Waals surface area contributed by atoms with Crippen LogP contribution in [0.3, 0.4) is 0 Å². The minimum Gasteiger partial charge on any atom is -0.372 e. The van der Waals surface area contributed by atoms with Crippen LogP contribution in [0.15, 0.2) is 4.52 Å². The molecule has 138 valence electrons. The second-order valence-electron chi connectivity index (χ2n) is 7.97. The van der Waals surface area contributed by atoms with Gasteiger partial charge in [-0.2, -0.15) is 0 Å². The monoisotopic (exact) mass is 374 g/mol. The fourth-order valence-corrected chi connectivity index (χ4v) is 4.47. The second-order valence-corrected chi connectivity index (χ2v) is 9.24. The molecule has 1 amide bonds. The first kappa shape index (κ1) is 20.0. The summed E-state index contributed by atoms with van der Waals surface area (Å²) in [5.41, 5.74) is 0.690. The zero-order chi connectivity index (χ0) is 17.8. The van der Waals surface area contributed by atoms with Gasteiger partial charge in [0.05, 0.1) is 0 Å². The van der Waals surface area contributed by atoms with Crippen molar-refractivity contribution < 1.29 is 9.32 Å². The minimum absolute atomic E-state index is 0.223. The molecule has 24 heavy (non-hydrogen) atoms. The summed E-state index contributed by atoms with van der Waals surface area (Å²) in [7, 11) is 6.42. The Bertz CT molecular complexity index is 463. The van der Waals surface area contributed by atoms with Crippen LogP contribution < -0.4 is 5.32 Å². The van der Waals surface area contributed by atoms with Crippen LogP contribution in [0.4, 0.5) is 4.79 Å². The molecule has 0 radical (unpaired) electrons. The molecule has 0 aromatic carbocycles. The molecule has 1 saturated heterocycles. The van der Waals surface area contributed by atoms with Crippen molar-refractivity contribution in [2.75, 3.05) is 33.7 Å². The summed E-state index contributed by atoms with van der Waals surface area (Å²) in [5.74, 6) is 0. The van der Waals surface area contributed by atoms with Crippen LogP contribution in [0.5, 0.6) is 0 Å². The number of carbonyl (C=O) groups is 1. The molecule has 2 rings (SSSR count). The Morgan fingerprint density at radius 3 is 2.67 bits per heavy atom. The van der Waals surface area contributed by atoms with Crippen LogP contribution in [0.25, 0.3) is 0 Å². The van der Waals surface area contributed by atoms with E-state index in [2.05, 4.69) is 38.0 Å². The standard InChI is InChI=1S/C16H32N4O2P2/c1-15(2)6-8-16(9-7-15,12-17-3)20-10-5-13(11-20)19(4)14(21)22-24-18-23/h13,17H,5-12,23H2,1-4H3/t13-/m1/s1. The smallest absolute Gasteiger partial charge is 0.372 e. The molecule has 2 atom stereocenters. The highest BCUT2D eigenvalue weighted by molar-refractivity contribution is 7.31. The van der Waals surface area contributed by atoms with E-state index in [-0.39, 0.29) is 17.7 Å². The molecule has 1 aliphatic carbocycles. The number of carbonyl (C=O) groups excluding carboxylic acids is 1. The summed E-state index contributed by atoms with van der Waals surface area (Å²) in [4.78, 5) is 16.4. The van der Waals surface area contributed by atoms with Crippen molar-refractivity contribution in [3.63, 3.8) is 0 Å². The van der Waals surface area contributed by atoms with E-state index in [1.54, 1.807) is 4.90 Å². The van der Waals surface area contributed by atoms with Gasteiger partial charge in [-0.1, -0.05) is 13.8 Å². The van der Waals surface area contributed by atoms with Crippen molar-refractivity contribution in [3.8, 4) is 0 Å². The van der Waals surface area contributed by atoms with E-state index in [1.165, 1.54) is 25.7 Å². The molecular weight excluding hydrogens is 342 g/mol. The zero-order valence-corrected chi connectivity index (χ0v) is 17.5. The summed E-state index contributed by atoms with van der Waals surface area (Å²) in [5, 5.41) is 3.41. The van der Waals surface area contributed by atoms with Crippen LogP contribution in [0.2, 0.25) is 0 Å². The highest BCUT2D eigenvalue weighted by atomic mass is 31.1. The maximum absolute atomic E-state index is 12.1. The molecule has 1 aliphatic heterocycles. The Kier molecular flexibility index (Phi) is 7.01. The predicted molar refractivity (Wildman–Crippen MR) is 102 cm³/mol. The molecule has 1 N–H and O–H groups in total. The normalized spacial score (nSPS) is 26.6. The van der Waals surface area contributed by atoms with Gasteiger partial charge in [-0.05, 0) is 54.0 Å². The van der Waals surface area contributed by atoms with Crippen LogP contribution in [0, 0.1) is 5.41 Å². The third kappa shape index (κ3) is 4.66. The Morgan fingerprint density at radius 1 is 1.42 bits per heavy atom. The van der Waals surface area contributed by atoms with Gasteiger partial charge >= 0.3 is 6.09 Å². The lowest BCUT2D eigenvalue weighted by atomic mass is 9.68. The van der Waals surface area contributed by atoms with Crippen LogP contribution in [-0.2, 0) is 4.52 Å². The molecule has 1 saturated carbocycles. The highest BCUT2D eigenvalue weighted by Gasteiger charge is 2.45. The third-order valence-electron chi connectivity index (χ3n) is 5.88. The molecule has 1 unspecified atom stereocenters. The van der Waals surface area contributed by atoms with Gasteiger partial charge in [0.1, 0.15) is 0 Å². The van der Waals surface area contributed by atoms with E-state index < -0.39 is 0 Å². The number of hydrogen-bond donors (Lipinski definition) is 1. The van der Waals surface area contributed by atoms with E-state index in [9.17, 15) is 4.79 Å². The maximum atomic E-state index is 12.1. The van der Waals surface area contributed by atoms with Gasteiger partial charge in [-0.15, -0.1) is 0 Å².